The van der Waals surface area contributed by atoms with E-state index in [0.29, 0.717) is 34.0 Å². The summed E-state index contributed by atoms with van der Waals surface area (Å²) in [6.45, 7) is 2.69. The molecule has 1 saturated carbocycles. The first-order valence-corrected chi connectivity index (χ1v) is 9.87. The fraction of sp³-hybridized carbons (Fsp3) is 0.625. The maximum absolute atomic E-state index is 11.9. The Morgan fingerprint density at radius 1 is 1.29 bits per heavy atom. The first-order valence-electron chi connectivity index (χ1n) is 7.60. The molecule has 0 spiro atoms. The van der Waals surface area contributed by atoms with Crippen molar-refractivity contribution < 1.29 is 8.42 Å². The van der Waals surface area contributed by atoms with E-state index >= 15 is 0 Å². The van der Waals surface area contributed by atoms with Crippen molar-refractivity contribution in [2.45, 2.75) is 56.5 Å². The van der Waals surface area contributed by atoms with Crippen LogP contribution < -0.4 is 5.32 Å². The minimum atomic E-state index is -3.25. The third kappa shape index (κ3) is 4.44. The Balaban J connectivity index is 2.09. The molecule has 1 fully saturated rings. The highest BCUT2D eigenvalue weighted by Crippen LogP contribution is 2.28. The van der Waals surface area contributed by atoms with E-state index in [9.17, 15) is 8.42 Å². The largest absolute Gasteiger partial charge is 0.310 e. The zero-order valence-corrected chi connectivity index (χ0v) is 14.3. The molecular weight excluding hydrogens is 306 g/mol. The molecule has 21 heavy (non-hydrogen) atoms. The van der Waals surface area contributed by atoms with Gasteiger partial charge in [-0.05, 0) is 37.8 Å². The lowest BCUT2D eigenvalue weighted by molar-refractivity contribution is 0.280. The van der Waals surface area contributed by atoms with Gasteiger partial charge >= 0.3 is 0 Å². The fourth-order valence-electron chi connectivity index (χ4n) is 3.12. The second kappa shape index (κ2) is 7.12. The lowest BCUT2D eigenvalue weighted by Gasteiger charge is -2.28. The number of hydrogen-bond acceptors (Lipinski definition) is 3. The Bertz CT molecular complexity index is 580. The van der Waals surface area contributed by atoms with Crippen molar-refractivity contribution in [3.8, 4) is 0 Å². The normalized spacial score (nSPS) is 18.6. The predicted molar refractivity (Wildman–Crippen MR) is 87.4 cm³/mol. The number of rotatable bonds is 5. The molecule has 1 N–H and O–H groups in total. The first kappa shape index (κ1) is 16.8. The standard InChI is InChI=1S/C16H24ClNO2S/c1-12(13-7-4-3-5-8-13)18-11-14-15(17)9-6-10-16(14)21(2,19)20/h6,9-10,12-13,18H,3-5,7-8,11H2,1-2H3/t12-/m1/s1. The van der Waals surface area contributed by atoms with Crippen molar-refractivity contribution in [2.75, 3.05) is 6.26 Å². The summed E-state index contributed by atoms with van der Waals surface area (Å²) in [6, 6.07) is 5.45. The number of halogens is 1. The quantitative estimate of drug-likeness (QED) is 0.893. The van der Waals surface area contributed by atoms with Gasteiger partial charge in [-0.25, -0.2) is 8.42 Å². The second-order valence-corrected chi connectivity index (χ2v) is 8.45. The summed E-state index contributed by atoms with van der Waals surface area (Å²) < 4.78 is 23.7. The van der Waals surface area contributed by atoms with Gasteiger partial charge in [-0.2, -0.15) is 0 Å². The monoisotopic (exact) mass is 329 g/mol. The summed E-state index contributed by atoms with van der Waals surface area (Å²) in [5.41, 5.74) is 0.685. The molecule has 1 atom stereocenters. The van der Waals surface area contributed by atoms with Gasteiger partial charge in [0.25, 0.3) is 0 Å². The molecule has 0 amide bonds. The molecule has 0 aliphatic heterocycles. The molecule has 118 valence electrons. The average molecular weight is 330 g/mol. The van der Waals surface area contributed by atoms with E-state index in [0.717, 1.165) is 0 Å². The van der Waals surface area contributed by atoms with Crippen molar-refractivity contribution in [3.63, 3.8) is 0 Å². The van der Waals surface area contributed by atoms with Crippen LogP contribution in [0, 0.1) is 5.92 Å². The summed E-state index contributed by atoms with van der Waals surface area (Å²) in [6.07, 6.45) is 7.69. The number of hydrogen-bond donors (Lipinski definition) is 1. The Hall–Kier alpha value is -0.580. The van der Waals surface area contributed by atoms with E-state index in [-0.39, 0.29) is 0 Å². The molecule has 1 aromatic rings. The van der Waals surface area contributed by atoms with Gasteiger partial charge < -0.3 is 5.32 Å². The molecule has 1 aliphatic rings. The molecule has 2 rings (SSSR count). The van der Waals surface area contributed by atoms with Gasteiger partial charge in [0.2, 0.25) is 0 Å². The van der Waals surface area contributed by atoms with Gasteiger partial charge in [-0.1, -0.05) is 36.9 Å². The van der Waals surface area contributed by atoms with Gasteiger partial charge in [-0.15, -0.1) is 0 Å². The smallest absolute Gasteiger partial charge is 0.175 e. The van der Waals surface area contributed by atoms with Gasteiger partial charge in [-0.3, -0.25) is 0 Å². The molecule has 0 heterocycles. The Morgan fingerprint density at radius 2 is 1.95 bits per heavy atom. The van der Waals surface area contributed by atoms with Gasteiger partial charge in [0, 0.05) is 29.4 Å². The molecule has 1 aromatic carbocycles. The van der Waals surface area contributed by atoms with Crippen molar-refractivity contribution in [1.29, 1.82) is 0 Å². The van der Waals surface area contributed by atoms with Crippen LogP contribution in [0.3, 0.4) is 0 Å². The van der Waals surface area contributed by atoms with Crippen LogP contribution in [0.1, 0.15) is 44.6 Å². The maximum atomic E-state index is 11.9. The molecule has 0 radical (unpaired) electrons. The molecule has 0 aromatic heterocycles. The van der Waals surface area contributed by atoms with Gasteiger partial charge in [0.05, 0.1) is 4.90 Å². The number of nitrogens with one attached hydrogen (secondary N) is 1. The molecule has 0 unspecified atom stereocenters. The third-order valence-corrected chi connectivity index (χ3v) is 5.97. The number of benzene rings is 1. The molecule has 0 bridgehead atoms. The number of sulfone groups is 1. The van der Waals surface area contributed by atoms with E-state index in [1.165, 1.54) is 38.4 Å². The van der Waals surface area contributed by atoms with Crippen molar-refractivity contribution in [2.24, 2.45) is 5.92 Å². The van der Waals surface area contributed by atoms with Crippen LogP contribution in [0.15, 0.2) is 23.1 Å². The van der Waals surface area contributed by atoms with Crippen LogP contribution >= 0.6 is 11.6 Å². The van der Waals surface area contributed by atoms with Crippen LogP contribution in [-0.2, 0) is 16.4 Å². The van der Waals surface area contributed by atoms with Gasteiger partial charge in [0.1, 0.15) is 0 Å². The van der Waals surface area contributed by atoms with E-state index < -0.39 is 9.84 Å². The van der Waals surface area contributed by atoms with Crippen LogP contribution in [0.25, 0.3) is 0 Å². The van der Waals surface area contributed by atoms with Crippen molar-refractivity contribution in [3.05, 3.63) is 28.8 Å². The molecule has 5 heteroatoms. The third-order valence-electron chi connectivity index (χ3n) is 4.43. The highest BCUT2D eigenvalue weighted by Gasteiger charge is 2.21. The van der Waals surface area contributed by atoms with Crippen LogP contribution in [-0.4, -0.2) is 20.7 Å². The minimum Gasteiger partial charge on any atom is -0.310 e. The topological polar surface area (TPSA) is 46.2 Å². The first-order chi connectivity index (χ1) is 9.89. The highest BCUT2D eigenvalue weighted by molar-refractivity contribution is 7.90. The average Bonchev–Trinajstić information content (AvgIpc) is 2.45. The van der Waals surface area contributed by atoms with Gasteiger partial charge in [0.15, 0.2) is 9.84 Å². The summed E-state index contributed by atoms with van der Waals surface area (Å²) in [5, 5.41) is 3.99. The highest BCUT2D eigenvalue weighted by atomic mass is 35.5. The lowest BCUT2D eigenvalue weighted by atomic mass is 9.84. The van der Waals surface area contributed by atoms with E-state index in [2.05, 4.69) is 12.2 Å². The Morgan fingerprint density at radius 3 is 2.57 bits per heavy atom. The van der Waals surface area contributed by atoms with E-state index in [4.69, 9.17) is 11.6 Å². The predicted octanol–water partition coefficient (Wildman–Crippen LogP) is 3.80. The van der Waals surface area contributed by atoms with Crippen LogP contribution in [0.4, 0.5) is 0 Å². The molecule has 3 nitrogen and oxygen atoms in total. The van der Waals surface area contributed by atoms with Crippen molar-refractivity contribution >= 4 is 21.4 Å². The molecule has 0 saturated heterocycles. The molecular formula is C16H24ClNO2S. The minimum absolute atomic E-state index is 0.332. The zero-order chi connectivity index (χ0) is 15.5. The Kier molecular flexibility index (Phi) is 5.69. The maximum Gasteiger partial charge on any atom is 0.175 e. The fourth-order valence-corrected chi connectivity index (χ4v) is 4.37. The SMILES string of the molecule is C[C@@H](NCc1c(Cl)cccc1S(C)(=O)=O)C1CCCCC1. The molecule has 1 aliphatic carbocycles. The lowest BCUT2D eigenvalue weighted by Crippen LogP contribution is -2.34. The summed E-state index contributed by atoms with van der Waals surface area (Å²) in [4.78, 5) is 0.332. The Labute approximate surface area is 133 Å². The second-order valence-electron chi connectivity index (χ2n) is 6.06. The summed E-state index contributed by atoms with van der Waals surface area (Å²) in [7, 11) is -3.25. The van der Waals surface area contributed by atoms with E-state index in [1.807, 2.05) is 0 Å². The van der Waals surface area contributed by atoms with Crippen LogP contribution in [0.5, 0.6) is 0 Å². The summed E-state index contributed by atoms with van der Waals surface area (Å²) >= 11 is 6.20. The summed E-state index contributed by atoms with van der Waals surface area (Å²) in [5.74, 6) is 0.683. The zero-order valence-electron chi connectivity index (χ0n) is 12.7. The van der Waals surface area contributed by atoms with Crippen LogP contribution in [0.2, 0.25) is 5.02 Å². The van der Waals surface area contributed by atoms with Crippen molar-refractivity contribution in [1.82, 2.24) is 5.32 Å². The van der Waals surface area contributed by atoms with E-state index in [1.54, 1.807) is 18.2 Å².